The van der Waals surface area contributed by atoms with Gasteiger partial charge in [0.25, 0.3) is 0 Å². The van der Waals surface area contributed by atoms with Crippen LogP contribution in [0.4, 0.5) is 0 Å². The molecule has 0 bridgehead atoms. The normalized spacial score (nSPS) is 13.0. The smallest absolute Gasteiger partial charge is 0.408 e. The zero-order valence-corrected chi connectivity index (χ0v) is 13.4. The average molecular weight is 317 g/mol. The molecule has 122 valence electrons. The third-order valence-corrected chi connectivity index (χ3v) is 3.39. The molecule has 0 unspecified atom stereocenters. The number of fused-ring (bicyclic) bond motifs is 1. The fourth-order valence-corrected chi connectivity index (χ4v) is 2.21. The summed E-state index contributed by atoms with van der Waals surface area (Å²) in [7, 11) is 0. The van der Waals surface area contributed by atoms with Crippen LogP contribution < -0.4 is 5.76 Å². The Labute approximate surface area is 132 Å². The summed E-state index contributed by atoms with van der Waals surface area (Å²) >= 11 is 0. The first-order chi connectivity index (χ1) is 11.0. The molecule has 7 nitrogen and oxygen atoms in total. The molecule has 23 heavy (non-hydrogen) atoms. The van der Waals surface area contributed by atoms with E-state index in [1.807, 2.05) is 25.1 Å². The van der Waals surface area contributed by atoms with Crippen molar-refractivity contribution < 1.29 is 13.7 Å². The first kappa shape index (κ1) is 15.5. The highest BCUT2D eigenvalue weighted by molar-refractivity contribution is 5.72. The summed E-state index contributed by atoms with van der Waals surface area (Å²) in [6, 6.07) is 7.21. The number of ether oxygens (including phenoxy) is 1. The van der Waals surface area contributed by atoms with Gasteiger partial charge in [-0.05, 0) is 25.0 Å². The zero-order chi connectivity index (χ0) is 16.4. The third kappa shape index (κ3) is 3.34. The van der Waals surface area contributed by atoms with Crippen LogP contribution in [-0.4, -0.2) is 21.3 Å². The minimum atomic E-state index is -0.449. The number of para-hydroxylation sites is 2. The molecule has 1 atom stereocenters. The maximum atomic E-state index is 11.9. The summed E-state index contributed by atoms with van der Waals surface area (Å²) in [6.07, 6.45) is -0.257. The second-order valence-electron chi connectivity index (χ2n) is 5.84. The minimum Gasteiger partial charge on any atom is -0.408 e. The lowest BCUT2D eigenvalue weighted by molar-refractivity contribution is 0.0402. The molecule has 0 aliphatic carbocycles. The van der Waals surface area contributed by atoms with E-state index in [-0.39, 0.29) is 12.6 Å². The zero-order valence-electron chi connectivity index (χ0n) is 13.4. The lowest BCUT2D eigenvalue weighted by atomic mass is 10.2. The van der Waals surface area contributed by atoms with E-state index in [2.05, 4.69) is 24.0 Å². The first-order valence-electron chi connectivity index (χ1n) is 7.57. The van der Waals surface area contributed by atoms with Crippen LogP contribution in [0.25, 0.3) is 11.1 Å². The Kier molecular flexibility index (Phi) is 4.29. The number of nitrogens with zero attached hydrogens (tertiary/aromatic N) is 3. The molecule has 0 saturated carbocycles. The molecule has 0 spiro atoms. The van der Waals surface area contributed by atoms with Gasteiger partial charge in [0.2, 0.25) is 5.89 Å². The Morgan fingerprint density at radius 1 is 1.26 bits per heavy atom. The molecule has 2 heterocycles. The average Bonchev–Trinajstić information content (AvgIpc) is 3.11. The van der Waals surface area contributed by atoms with Crippen LogP contribution in [-0.2, 0) is 11.3 Å². The SMILES string of the molecule is CC(C)CO[C@H](C)c1noc(Cn2c(=O)oc3ccccc32)n1. The van der Waals surface area contributed by atoms with Gasteiger partial charge in [-0.3, -0.25) is 4.57 Å². The molecule has 7 heteroatoms. The van der Waals surface area contributed by atoms with E-state index in [1.54, 1.807) is 6.07 Å². The van der Waals surface area contributed by atoms with Gasteiger partial charge in [-0.25, -0.2) is 4.79 Å². The van der Waals surface area contributed by atoms with E-state index in [4.69, 9.17) is 13.7 Å². The van der Waals surface area contributed by atoms with Crippen LogP contribution in [0.2, 0.25) is 0 Å². The first-order valence-corrected chi connectivity index (χ1v) is 7.57. The molecule has 0 aliphatic heterocycles. The molecule has 1 aromatic carbocycles. The van der Waals surface area contributed by atoms with Gasteiger partial charge in [-0.1, -0.05) is 31.1 Å². The fraction of sp³-hybridized carbons (Fsp3) is 0.438. The Balaban J connectivity index is 1.78. The van der Waals surface area contributed by atoms with Crippen molar-refractivity contribution in [3.05, 3.63) is 46.5 Å². The molecule has 0 radical (unpaired) electrons. The summed E-state index contributed by atoms with van der Waals surface area (Å²) in [4.78, 5) is 16.2. The molecule has 0 fully saturated rings. The van der Waals surface area contributed by atoms with Crippen molar-refractivity contribution in [2.24, 2.45) is 5.92 Å². The summed E-state index contributed by atoms with van der Waals surface area (Å²) < 4.78 is 17.5. The number of hydrogen-bond acceptors (Lipinski definition) is 6. The number of aromatic nitrogens is 3. The van der Waals surface area contributed by atoms with Crippen molar-refractivity contribution >= 4 is 11.1 Å². The van der Waals surface area contributed by atoms with Crippen LogP contribution in [0.5, 0.6) is 0 Å². The second-order valence-corrected chi connectivity index (χ2v) is 5.84. The molecular weight excluding hydrogens is 298 g/mol. The van der Waals surface area contributed by atoms with Crippen LogP contribution in [0, 0.1) is 5.92 Å². The standard InChI is InChI=1S/C16H19N3O4/c1-10(2)9-21-11(3)15-17-14(23-18-15)8-19-12-6-4-5-7-13(12)22-16(19)20/h4-7,10-11H,8-9H2,1-3H3/t11-/m1/s1. The third-order valence-electron chi connectivity index (χ3n) is 3.39. The fourth-order valence-electron chi connectivity index (χ4n) is 2.21. The molecule has 0 N–H and O–H groups in total. The van der Waals surface area contributed by atoms with E-state index in [1.165, 1.54) is 4.57 Å². The van der Waals surface area contributed by atoms with E-state index < -0.39 is 5.76 Å². The highest BCUT2D eigenvalue weighted by Crippen LogP contribution is 2.16. The van der Waals surface area contributed by atoms with Gasteiger partial charge in [-0.2, -0.15) is 4.98 Å². The maximum Gasteiger partial charge on any atom is 0.420 e. The van der Waals surface area contributed by atoms with Crippen molar-refractivity contribution in [1.82, 2.24) is 14.7 Å². The quantitative estimate of drug-likeness (QED) is 0.695. The van der Waals surface area contributed by atoms with Gasteiger partial charge in [0, 0.05) is 6.61 Å². The van der Waals surface area contributed by atoms with Crippen molar-refractivity contribution in [2.75, 3.05) is 6.61 Å². The Hall–Kier alpha value is -2.41. The molecule has 3 aromatic rings. The van der Waals surface area contributed by atoms with Crippen molar-refractivity contribution in [3.63, 3.8) is 0 Å². The summed E-state index contributed by atoms with van der Waals surface area (Å²) in [5.74, 6) is 0.796. The lowest BCUT2D eigenvalue weighted by Gasteiger charge is -2.10. The van der Waals surface area contributed by atoms with Crippen molar-refractivity contribution in [2.45, 2.75) is 33.4 Å². The van der Waals surface area contributed by atoms with Gasteiger partial charge in [-0.15, -0.1) is 0 Å². The number of oxazole rings is 1. The molecule has 0 aliphatic rings. The number of benzene rings is 1. The molecule has 0 amide bonds. The number of hydrogen-bond donors (Lipinski definition) is 0. The maximum absolute atomic E-state index is 11.9. The van der Waals surface area contributed by atoms with E-state index in [0.717, 1.165) is 0 Å². The van der Waals surface area contributed by atoms with E-state index >= 15 is 0 Å². The molecular formula is C16H19N3O4. The van der Waals surface area contributed by atoms with Gasteiger partial charge in [0.1, 0.15) is 12.6 Å². The predicted molar refractivity (Wildman–Crippen MR) is 83.1 cm³/mol. The highest BCUT2D eigenvalue weighted by Gasteiger charge is 2.17. The van der Waals surface area contributed by atoms with E-state index in [0.29, 0.717) is 35.3 Å². The van der Waals surface area contributed by atoms with Gasteiger partial charge in [0.05, 0.1) is 5.52 Å². The Bertz CT molecular complexity index is 846. The molecule has 2 aromatic heterocycles. The molecule has 3 rings (SSSR count). The summed E-state index contributed by atoms with van der Waals surface area (Å²) in [6.45, 7) is 6.81. The largest absolute Gasteiger partial charge is 0.420 e. The van der Waals surface area contributed by atoms with Gasteiger partial charge in [0.15, 0.2) is 11.4 Å². The van der Waals surface area contributed by atoms with Crippen LogP contribution in [0.1, 0.15) is 38.6 Å². The van der Waals surface area contributed by atoms with E-state index in [9.17, 15) is 4.79 Å². The van der Waals surface area contributed by atoms with Gasteiger partial charge >= 0.3 is 5.76 Å². The lowest BCUT2D eigenvalue weighted by Crippen LogP contribution is -2.15. The van der Waals surface area contributed by atoms with Crippen molar-refractivity contribution in [3.8, 4) is 0 Å². The summed E-state index contributed by atoms with van der Waals surface area (Å²) in [5.41, 5.74) is 1.23. The predicted octanol–water partition coefficient (Wildman–Crippen LogP) is 2.76. The number of rotatable bonds is 6. The summed E-state index contributed by atoms with van der Waals surface area (Å²) in [5, 5.41) is 3.93. The topological polar surface area (TPSA) is 83.3 Å². The minimum absolute atomic E-state index is 0.166. The van der Waals surface area contributed by atoms with Crippen LogP contribution >= 0.6 is 0 Å². The van der Waals surface area contributed by atoms with Gasteiger partial charge < -0.3 is 13.7 Å². The molecule has 0 saturated heterocycles. The monoisotopic (exact) mass is 317 g/mol. The Morgan fingerprint density at radius 3 is 2.83 bits per heavy atom. The second kappa shape index (κ2) is 6.37. The van der Waals surface area contributed by atoms with Crippen molar-refractivity contribution in [1.29, 1.82) is 0 Å². The highest BCUT2D eigenvalue weighted by atomic mass is 16.5. The van der Waals surface area contributed by atoms with Crippen LogP contribution in [0.3, 0.4) is 0 Å². The van der Waals surface area contributed by atoms with Crippen LogP contribution in [0.15, 0.2) is 38.0 Å². The Morgan fingerprint density at radius 2 is 2.04 bits per heavy atom.